The Hall–Kier alpha value is -1.62. The molecule has 1 amide bonds. The van der Waals surface area contributed by atoms with Crippen molar-refractivity contribution < 1.29 is 4.79 Å². The van der Waals surface area contributed by atoms with Gasteiger partial charge in [-0.1, -0.05) is 28.6 Å². The molecule has 5 heteroatoms. The number of nitrogens with zero attached hydrogens (tertiary/aromatic N) is 2. The van der Waals surface area contributed by atoms with Gasteiger partial charge in [-0.15, -0.1) is 0 Å². The molecular weight excluding hydrogens is 270 g/mol. The second-order valence-corrected chi connectivity index (χ2v) is 4.41. The van der Waals surface area contributed by atoms with E-state index < -0.39 is 0 Å². The highest BCUT2D eigenvalue weighted by molar-refractivity contribution is 9.11. The van der Waals surface area contributed by atoms with Gasteiger partial charge in [-0.05, 0) is 12.1 Å². The monoisotopic (exact) mass is 279 g/mol. The average Bonchev–Trinajstić information content (AvgIpc) is 2.69. The van der Waals surface area contributed by atoms with Crippen molar-refractivity contribution in [3.8, 4) is 0 Å². The van der Waals surface area contributed by atoms with Crippen molar-refractivity contribution in [1.82, 2.24) is 14.7 Å². The maximum Gasteiger partial charge on any atom is 0.271 e. The smallest absolute Gasteiger partial charge is 0.271 e. The van der Waals surface area contributed by atoms with Crippen molar-refractivity contribution in [2.24, 2.45) is 0 Å². The zero-order valence-electron chi connectivity index (χ0n) is 8.48. The molecule has 0 saturated carbocycles. The summed E-state index contributed by atoms with van der Waals surface area (Å²) in [5, 5.41) is 2.70. The summed E-state index contributed by atoms with van der Waals surface area (Å²) in [6.45, 7) is 4.04. The number of carbonyl (C=O) groups is 1. The highest BCUT2D eigenvalue weighted by Crippen LogP contribution is 2.05. The first-order valence-corrected chi connectivity index (χ1v) is 5.51. The Morgan fingerprint density at radius 2 is 2.38 bits per heavy atom. The zero-order chi connectivity index (χ0) is 11.5. The van der Waals surface area contributed by atoms with Crippen LogP contribution in [0.2, 0.25) is 0 Å². The van der Waals surface area contributed by atoms with Gasteiger partial charge < -0.3 is 9.72 Å². The van der Waals surface area contributed by atoms with E-state index in [0.29, 0.717) is 12.2 Å². The molecule has 0 aromatic carbocycles. The third-order valence-electron chi connectivity index (χ3n) is 2.04. The molecule has 82 valence electrons. The van der Waals surface area contributed by atoms with E-state index >= 15 is 0 Å². The molecule has 2 aromatic rings. The average molecular weight is 280 g/mol. The van der Waals surface area contributed by atoms with Crippen LogP contribution in [0.4, 0.5) is 0 Å². The van der Waals surface area contributed by atoms with Crippen molar-refractivity contribution in [3.05, 3.63) is 47.3 Å². The molecule has 2 aromatic heterocycles. The van der Waals surface area contributed by atoms with Crippen LogP contribution in [-0.2, 0) is 0 Å². The Kier molecular flexibility index (Phi) is 3.05. The molecule has 0 radical (unpaired) electrons. The SMILES string of the molecule is C=C(Br)CNC(=O)c1cn2ccccc2n1. The molecular formula is C11H10BrN3O. The lowest BCUT2D eigenvalue weighted by atomic mass is 10.4. The second-order valence-electron chi connectivity index (χ2n) is 3.29. The lowest BCUT2D eigenvalue weighted by molar-refractivity contribution is 0.0953. The fraction of sp³-hybridized carbons (Fsp3) is 0.0909. The maximum atomic E-state index is 11.7. The molecule has 2 rings (SSSR count). The summed E-state index contributed by atoms with van der Waals surface area (Å²) >= 11 is 3.18. The van der Waals surface area contributed by atoms with Crippen LogP contribution in [0.3, 0.4) is 0 Å². The fourth-order valence-corrected chi connectivity index (χ4v) is 1.45. The van der Waals surface area contributed by atoms with Gasteiger partial charge >= 0.3 is 0 Å². The third kappa shape index (κ3) is 2.30. The first kappa shape index (κ1) is 10.9. The van der Waals surface area contributed by atoms with E-state index in [4.69, 9.17) is 0 Å². The highest BCUT2D eigenvalue weighted by Gasteiger charge is 2.09. The zero-order valence-corrected chi connectivity index (χ0v) is 10.1. The molecule has 0 atom stereocenters. The second kappa shape index (κ2) is 4.49. The van der Waals surface area contributed by atoms with Crippen LogP contribution in [-0.4, -0.2) is 21.8 Å². The van der Waals surface area contributed by atoms with E-state index in [-0.39, 0.29) is 5.91 Å². The van der Waals surface area contributed by atoms with Crippen LogP contribution >= 0.6 is 15.9 Å². The van der Waals surface area contributed by atoms with Crippen LogP contribution in [0.1, 0.15) is 10.5 Å². The standard InChI is InChI=1S/C11H10BrN3O/c1-8(12)6-13-11(16)9-7-15-5-3-2-4-10(15)14-9/h2-5,7H,1,6H2,(H,13,16). The van der Waals surface area contributed by atoms with Crippen LogP contribution in [0.5, 0.6) is 0 Å². The minimum atomic E-state index is -0.204. The Balaban J connectivity index is 2.20. The van der Waals surface area contributed by atoms with E-state index in [1.807, 2.05) is 24.4 Å². The highest BCUT2D eigenvalue weighted by atomic mass is 79.9. The third-order valence-corrected chi connectivity index (χ3v) is 2.32. The van der Waals surface area contributed by atoms with Gasteiger partial charge in [0.25, 0.3) is 5.91 Å². The van der Waals surface area contributed by atoms with Crippen molar-refractivity contribution in [2.75, 3.05) is 6.54 Å². The molecule has 0 fully saturated rings. The molecule has 16 heavy (non-hydrogen) atoms. The summed E-state index contributed by atoms with van der Waals surface area (Å²) in [7, 11) is 0. The number of halogens is 1. The number of amides is 1. The number of rotatable bonds is 3. The fourth-order valence-electron chi connectivity index (χ4n) is 1.31. The number of hydrogen-bond acceptors (Lipinski definition) is 2. The predicted molar refractivity (Wildman–Crippen MR) is 65.6 cm³/mol. The maximum absolute atomic E-state index is 11.7. The first-order valence-electron chi connectivity index (χ1n) is 4.72. The molecule has 2 heterocycles. The summed E-state index contributed by atoms with van der Waals surface area (Å²) in [6.07, 6.45) is 3.55. The summed E-state index contributed by atoms with van der Waals surface area (Å²) in [5.74, 6) is -0.204. The van der Waals surface area contributed by atoms with Crippen LogP contribution in [0, 0.1) is 0 Å². The summed E-state index contributed by atoms with van der Waals surface area (Å²) < 4.78 is 2.53. The van der Waals surface area contributed by atoms with Gasteiger partial charge in [-0.2, -0.15) is 0 Å². The van der Waals surface area contributed by atoms with Crippen molar-refractivity contribution in [2.45, 2.75) is 0 Å². The van der Waals surface area contributed by atoms with Crippen molar-refractivity contribution in [3.63, 3.8) is 0 Å². The molecule has 0 unspecified atom stereocenters. The summed E-state index contributed by atoms with van der Waals surface area (Å²) in [6, 6.07) is 5.61. The van der Waals surface area contributed by atoms with Crippen LogP contribution in [0.15, 0.2) is 41.7 Å². The van der Waals surface area contributed by atoms with Crippen molar-refractivity contribution in [1.29, 1.82) is 0 Å². The Bertz CT molecular complexity index is 514. The molecule has 0 spiro atoms. The number of carbonyl (C=O) groups excluding carboxylic acids is 1. The van der Waals surface area contributed by atoms with Gasteiger partial charge in [0.05, 0.1) is 0 Å². The quantitative estimate of drug-likeness (QED) is 0.934. The van der Waals surface area contributed by atoms with E-state index in [2.05, 4.69) is 32.8 Å². The van der Waals surface area contributed by atoms with Gasteiger partial charge in [-0.25, -0.2) is 4.98 Å². The van der Waals surface area contributed by atoms with E-state index in [1.54, 1.807) is 10.6 Å². The van der Waals surface area contributed by atoms with Crippen molar-refractivity contribution >= 4 is 27.5 Å². The lowest BCUT2D eigenvalue weighted by Crippen LogP contribution is -2.24. The van der Waals surface area contributed by atoms with Crippen LogP contribution in [0.25, 0.3) is 5.65 Å². The van der Waals surface area contributed by atoms with E-state index in [1.165, 1.54) is 0 Å². The summed E-state index contributed by atoms with van der Waals surface area (Å²) in [4.78, 5) is 15.9. The normalized spacial score (nSPS) is 10.3. The first-order chi connectivity index (χ1) is 7.66. The number of fused-ring (bicyclic) bond motifs is 1. The van der Waals surface area contributed by atoms with Gasteiger partial charge in [0.1, 0.15) is 11.3 Å². The number of imidazole rings is 1. The molecule has 0 aliphatic heterocycles. The molecule has 0 bridgehead atoms. The molecule has 0 aliphatic carbocycles. The number of pyridine rings is 1. The number of nitrogens with one attached hydrogen (secondary N) is 1. The molecule has 0 aliphatic rings. The number of hydrogen-bond donors (Lipinski definition) is 1. The Labute approximate surface area is 101 Å². The minimum Gasteiger partial charge on any atom is -0.346 e. The molecule has 4 nitrogen and oxygen atoms in total. The largest absolute Gasteiger partial charge is 0.346 e. The van der Waals surface area contributed by atoms with Gasteiger partial charge in [0, 0.05) is 23.4 Å². The van der Waals surface area contributed by atoms with E-state index in [0.717, 1.165) is 10.1 Å². The molecule has 1 N–H and O–H groups in total. The molecule has 0 saturated heterocycles. The van der Waals surface area contributed by atoms with E-state index in [9.17, 15) is 4.79 Å². The van der Waals surface area contributed by atoms with Crippen LogP contribution < -0.4 is 5.32 Å². The Morgan fingerprint density at radius 3 is 3.06 bits per heavy atom. The summed E-state index contributed by atoms with van der Waals surface area (Å²) in [5.41, 5.74) is 1.16. The van der Waals surface area contributed by atoms with Gasteiger partial charge in [0.2, 0.25) is 0 Å². The Morgan fingerprint density at radius 1 is 1.56 bits per heavy atom. The lowest BCUT2D eigenvalue weighted by Gasteiger charge is -1.99. The number of aromatic nitrogens is 2. The van der Waals surface area contributed by atoms with Gasteiger partial charge in [-0.3, -0.25) is 4.79 Å². The van der Waals surface area contributed by atoms with Gasteiger partial charge in [0.15, 0.2) is 0 Å². The topological polar surface area (TPSA) is 46.4 Å². The predicted octanol–water partition coefficient (Wildman–Crippen LogP) is 1.97. The minimum absolute atomic E-state index is 0.204.